The van der Waals surface area contributed by atoms with Crippen LogP contribution in [-0.2, 0) is 0 Å². The molecular formula is C11H7Cl3N2O. The molecule has 1 aromatic carbocycles. The lowest BCUT2D eigenvalue weighted by Crippen LogP contribution is -2.22. The van der Waals surface area contributed by atoms with Crippen molar-refractivity contribution in [3.63, 3.8) is 0 Å². The van der Waals surface area contributed by atoms with Crippen LogP contribution in [0.2, 0.25) is 15.1 Å². The van der Waals surface area contributed by atoms with Crippen molar-refractivity contribution in [2.24, 2.45) is 0 Å². The highest BCUT2D eigenvalue weighted by Crippen LogP contribution is 2.23. The fourth-order valence-corrected chi connectivity index (χ4v) is 2.12. The summed E-state index contributed by atoms with van der Waals surface area (Å²) < 4.78 is 1.16. The predicted molar refractivity (Wildman–Crippen MR) is 69.6 cm³/mol. The van der Waals surface area contributed by atoms with Crippen molar-refractivity contribution in [3.8, 4) is 5.69 Å². The molecule has 1 aromatic heterocycles. The van der Waals surface area contributed by atoms with Gasteiger partial charge in [0.15, 0.2) is 0 Å². The Hall–Kier alpha value is -1.03. The molecule has 0 aliphatic carbocycles. The monoisotopic (exact) mass is 288 g/mol. The molecule has 2 rings (SSSR count). The first kappa shape index (κ1) is 12.4. The van der Waals surface area contributed by atoms with Crippen LogP contribution in [0, 0.1) is 6.92 Å². The minimum atomic E-state index is -0.415. The number of hydrogen-bond donors (Lipinski definition) is 0. The van der Waals surface area contributed by atoms with Crippen LogP contribution < -0.4 is 5.56 Å². The predicted octanol–water partition coefficient (Wildman–Crippen LogP) is 3.50. The van der Waals surface area contributed by atoms with E-state index < -0.39 is 5.56 Å². The van der Waals surface area contributed by atoms with Crippen LogP contribution in [0.4, 0.5) is 0 Å². The van der Waals surface area contributed by atoms with Gasteiger partial charge in [0.25, 0.3) is 5.56 Å². The van der Waals surface area contributed by atoms with E-state index in [9.17, 15) is 4.79 Å². The Kier molecular flexibility index (Phi) is 3.43. The molecule has 0 saturated heterocycles. The Morgan fingerprint density at radius 3 is 2.47 bits per heavy atom. The van der Waals surface area contributed by atoms with E-state index in [1.807, 2.05) is 0 Å². The number of nitrogens with zero attached hydrogens (tertiary/aromatic N) is 2. The Labute approximate surface area is 113 Å². The smallest absolute Gasteiger partial charge is 0.266 e. The first-order chi connectivity index (χ1) is 7.99. The number of aryl methyl sites for hydroxylation is 1. The first-order valence-corrected chi connectivity index (χ1v) is 5.84. The van der Waals surface area contributed by atoms with E-state index in [0.717, 1.165) is 4.68 Å². The molecule has 0 bridgehead atoms. The average Bonchev–Trinajstić information content (AvgIpc) is 2.24. The van der Waals surface area contributed by atoms with E-state index in [0.29, 0.717) is 21.4 Å². The molecular weight excluding hydrogens is 282 g/mol. The van der Waals surface area contributed by atoms with Gasteiger partial charge in [0, 0.05) is 5.02 Å². The Bertz CT molecular complexity index is 637. The molecule has 0 saturated carbocycles. The largest absolute Gasteiger partial charge is 0.290 e. The second kappa shape index (κ2) is 4.69. The van der Waals surface area contributed by atoms with Gasteiger partial charge in [-0.2, -0.15) is 9.78 Å². The molecule has 3 nitrogen and oxygen atoms in total. The molecule has 1 heterocycles. The van der Waals surface area contributed by atoms with Crippen LogP contribution in [0.5, 0.6) is 0 Å². The summed E-state index contributed by atoms with van der Waals surface area (Å²) in [6.07, 6.45) is 0. The Morgan fingerprint density at radius 2 is 1.82 bits per heavy atom. The Balaban J connectivity index is 2.73. The minimum Gasteiger partial charge on any atom is -0.266 e. The molecule has 6 heteroatoms. The van der Waals surface area contributed by atoms with Crippen LogP contribution in [-0.4, -0.2) is 9.78 Å². The van der Waals surface area contributed by atoms with Crippen molar-refractivity contribution in [1.82, 2.24) is 9.78 Å². The summed E-state index contributed by atoms with van der Waals surface area (Å²) >= 11 is 17.6. The normalized spacial score (nSPS) is 10.6. The number of rotatable bonds is 1. The van der Waals surface area contributed by atoms with E-state index >= 15 is 0 Å². The van der Waals surface area contributed by atoms with Gasteiger partial charge in [0.2, 0.25) is 0 Å². The van der Waals surface area contributed by atoms with Crippen molar-refractivity contribution in [3.05, 3.63) is 55.4 Å². The van der Waals surface area contributed by atoms with Gasteiger partial charge in [-0.05, 0) is 31.2 Å². The molecule has 0 amide bonds. The van der Waals surface area contributed by atoms with Gasteiger partial charge < -0.3 is 0 Å². The molecule has 0 radical (unpaired) electrons. The van der Waals surface area contributed by atoms with Crippen molar-refractivity contribution in [2.45, 2.75) is 6.92 Å². The standard InChI is InChI=1S/C11H7Cl3N2O/c1-6-4-9(14)11(17)16(15-6)10-3-2-7(12)5-8(10)13/h2-5H,1H3. The van der Waals surface area contributed by atoms with E-state index in [1.165, 1.54) is 6.07 Å². The van der Waals surface area contributed by atoms with Crippen LogP contribution >= 0.6 is 34.8 Å². The van der Waals surface area contributed by atoms with Gasteiger partial charge in [-0.3, -0.25) is 4.79 Å². The van der Waals surface area contributed by atoms with E-state index in [4.69, 9.17) is 34.8 Å². The lowest BCUT2D eigenvalue weighted by atomic mass is 10.3. The molecule has 0 unspecified atom stereocenters. The van der Waals surface area contributed by atoms with Gasteiger partial charge in [0.05, 0.1) is 16.4 Å². The summed E-state index contributed by atoms with van der Waals surface area (Å²) in [4.78, 5) is 11.8. The minimum absolute atomic E-state index is 0.100. The highest BCUT2D eigenvalue weighted by atomic mass is 35.5. The third kappa shape index (κ3) is 2.46. The summed E-state index contributed by atoms with van der Waals surface area (Å²) in [6.45, 7) is 1.74. The van der Waals surface area contributed by atoms with Gasteiger partial charge in [-0.15, -0.1) is 0 Å². The lowest BCUT2D eigenvalue weighted by molar-refractivity contribution is 0.786. The van der Waals surface area contributed by atoms with Crippen LogP contribution in [0.25, 0.3) is 5.69 Å². The topological polar surface area (TPSA) is 34.9 Å². The van der Waals surface area contributed by atoms with Crippen LogP contribution in [0.1, 0.15) is 5.69 Å². The molecule has 0 atom stereocenters. The van der Waals surface area contributed by atoms with Crippen LogP contribution in [0.3, 0.4) is 0 Å². The van der Waals surface area contributed by atoms with Gasteiger partial charge in [-0.25, -0.2) is 0 Å². The zero-order valence-electron chi connectivity index (χ0n) is 8.75. The fourth-order valence-electron chi connectivity index (χ4n) is 1.39. The van der Waals surface area contributed by atoms with Gasteiger partial charge in [0.1, 0.15) is 5.02 Å². The first-order valence-electron chi connectivity index (χ1n) is 4.71. The third-order valence-electron chi connectivity index (χ3n) is 2.13. The highest BCUT2D eigenvalue weighted by molar-refractivity contribution is 6.35. The van der Waals surface area contributed by atoms with E-state index in [1.54, 1.807) is 25.1 Å². The second-order valence-electron chi connectivity index (χ2n) is 3.45. The number of halogens is 3. The maximum Gasteiger partial charge on any atom is 0.290 e. The summed E-state index contributed by atoms with van der Waals surface area (Å²) in [7, 11) is 0. The molecule has 17 heavy (non-hydrogen) atoms. The fraction of sp³-hybridized carbons (Fsp3) is 0.0909. The zero-order chi connectivity index (χ0) is 12.6. The summed E-state index contributed by atoms with van der Waals surface area (Å²) in [5.41, 5.74) is 0.661. The van der Waals surface area contributed by atoms with Gasteiger partial charge in [-0.1, -0.05) is 34.8 Å². The molecule has 88 valence electrons. The average molecular weight is 290 g/mol. The summed E-state index contributed by atoms with van der Waals surface area (Å²) in [6, 6.07) is 6.30. The maximum absolute atomic E-state index is 11.8. The number of benzene rings is 1. The van der Waals surface area contributed by atoms with Crippen molar-refractivity contribution < 1.29 is 0 Å². The molecule has 0 aliphatic rings. The third-order valence-corrected chi connectivity index (χ3v) is 2.94. The Morgan fingerprint density at radius 1 is 1.12 bits per heavy atom. The van der Waals surface area contributed by atoms with E-state index in [-0.39, 0.29) is 5.02 Å². The van der Waals surface area contributed by atoms with Crippen molar-refractivity contribution in [2.75, 3.05) is 0 Å². The van der Waals surface area contributed by atoms with Crippen molar-refractivity contribution in [1.29, 1.82) is 0 Å². The SMILES string of the molecule is Cc1cc(Cl)c(=O)n(-c2ccc(Cl)cc2Cl)n1. The lowest BCUT2D eigenvalue weighted by Gasteiger charge is -2.08. The molecule has 0 fully saturated rings. The maximum atomic E-state index is 11.8. The van der Waals surface area contributed by atoms with E-state index in [2.05, 4.69) is 5.10 Å². The quantitative estimate of drug-likeness (QED) is 0.805. The second-order valence-corrected chi connectivity index (χ2v) is 4.70. The zero-order valence-corrected chi connectivity index (χ0v) is 11.0. The number of aromatic nitrogens is 2. The molecule has 0 spiro atoms. The molecule has 0 N–H and O–H groups in total. The number of hydrogen-bond acceptors (Lipinski definition) is 2. The summed E-state index contributed by atoms with van der Waals surface area (Å²) in [5.74, 6) is 0. The highest BCUT2D eigenvalue weighted by Gasteiger charge is 2.10. The van der Waals surface area contributed by atoms with Crippen LogP contribution in [0.15, 0.2) is 29.1 Å². The van der Waals surface area contributed by atoms with Gasteiger partial charge >= 0.3 is 0 Å². The summed E-state index contributed by atoms with van der Waals surface area (Å²) in [5, 5.41) is 5.02. The molecule has 2 aromatic rings. The molecule has 0 aliphatic heterocycles. The van der Waals surface area contributed by atoms with Crippen molar-refractivity contribution >= 4 is 34.8 Å².